The molecule has 10 heteroatoms. The molecule has 1 amide bonds. The van der Waals surface area contributed by atoms with Crippen LogP contribution < -0.4 is 10.2 Å². The molecule has 162 valence electrons. The van der Waals surface area contributed by atoms with Crippen molar-refractivity contribution in [2.45, 2.75) is 6.18 Å². The van der Waals surface area contributed by atoms with Gasteiger partial charge in [-0.25, -0.2) is 4.99 Å². The van der Waals surface area contributed by atoms with Crippen LogP contribution in [-0.4, -0.2) is 75.0 Å². The summed E-state index contributed by atoms with van der Waals surface area (Å²) in [5.41, 5.74) is 0.108. The van der Waals surface area contributed by atoms with Crippen molar-refractivity contribution in [1.82, 2.24) is 15.1 Å². The van der Waals surface area contributed by atoms with Gasteiger partial charge in [-0.1, -0.05) is 6.08 Å². The zero-order chi connectivity index (χ0) is 20.7. The quantitative estimate of drug-likeness (QED) is 0.278. The number of guanidine groups is 1. The number of alkyl halides is 3. The third-order valence-electron chi connectivity index (χ3n) is 4.41. The molecular formula is C19H27F3IN5O. The fraction of sp³-hybridized carbons (Fsp3) is 0.474. The number of hydrogen-bond donors (Lipinski definition) is 1. The van der Waals surface area contributed by atoms with Crippen molar-refractivity contribution in [3.63, 3.8) is 0 Å². The van der Waals surface area contributed by atoms with Crippen LogP contribution in [0.2, 0.25) is 0 Å². The van der Waals surface area contributed by atoms with Crippen LogP contribution in [0.5, 0.6) is 0 Å². The number of carbonyl (C=O) groups is 1. The van der Waals surface area contributed by atoms with Crippen LogP contribution in [0.3, 0.4) is 0 Å². The molecule has 1 saturated heterocycles. The number of aliphatic imine (C=N–C) groups is 1. The third-order valence-corrected chi connectivity index (χ3v) is 4.41. The van der Waals surface area contributed by atoms with Gasteiger partial charge in [0.2, 0.25) is 5.91 Å². The molecule has 0 radical (unpaired) electrons. The second-order valence-electron chi connectivity index (χ2n) is 6.62. The lowest BCUT2D eigenvalue weighted by molar-refractivity contribution is -0.137. The highest BCUT2D eigenvalue weighted by Crippen LogP contribution is 2.30. The van der Waals surface area contributed by atoms with Crippen molar-refractivity contribution < 1.29 is 18.0 Å². The van der Waals surface area contributed by atoms with Gasteiger partial charge in [0.05, 0.1) is 5.56 Å². The molecule has 1 aromatic carbocycles. The van der Waals surface area contributed by atoms with E-state index in [4.69, 9.17) is 0 Å². The number of amides is 1. The summed E-state index contributed by atoms with van der Waals surface area (Å²) in [6.45, 7) is 6.81. The standard InChI is InChI=1S/C19H26F3N5O.HI/c1-4-9-23-18(24-14-17(28)25(2)3)27-12-10-26(11-13-27)16-7-5-15(6-8-16)19(20,21)22;/h4-8H,1,9-14H2,2-3H3,(H,23,24);1H. The van der Waals surface area contributed by atoms with E-state index in [2.05, 4.69) is 16.9 Å². The minimum atomic E-state index is -4.33. The Morgan fingerprint density at radius 2 is 1.79 bits per heavy atom. The van der Waals surface area contributed by atoms with E-state index in [1.807, 2.05) is 9.80 Å². The maximum absolute atomic E-state index is 12.7. The average Bonchev–Trinajstić information content (AvgIpc) is 2.67. The number of nitrogens with zero attached hydrogens (tertiary/aromatic N) is 4. The molecule has 0 aromatic heterocycles. The van der Waals surface area contributed by atoms with Crippen LogP contribution in [0.1, 0.15) is 5.56 Å². The summed E-state index contributed by atoms with van der Waals surface area (Å²) in [4.78, 5) is 21.7. The summed E-state index contributed by atoms with van der Waals surface area (Å²) in [6.07, 6.45) is -2.62. The Morgan fingerprint density at radius 3 is 2.28 bits per heavy atom. The summed E-state index contributed by atoms with van der Waals surface area (Å²) >= 11 is 0. The summed E-state index contributed by atoms with van der Waals surface area (Å²) < 4.78 is 38.1. The first kappa shape index (κ1) is 25.1. The molecule has 1 heterocycles. The molecule has 0 bridgehead atoms. The van der Waals surface area contributed by atoms with Gasteiger partial charge >= 0.3 is 6.18 Å². The van der Waals surface area contributed by atoms with E-state index in [-0.39, 0.29) is 36.4 Å². The lowest BCUT2D eigenvalue weighted by atomic mass is 10.1. The number of carbonyl (C=O) groups excluding carboxylic acids is 1. The Labute approximate surface area is 186 Å². The van der Waals surface area contributed by atoms with E-state index in [0.29, 0.717) is 38.7 Å². The van der Waals surface area contributed by atoms with Gasteiger partial charge in [-0.2, -0.15) is 13.2 Å². The summed E-state index contributed by atoms with van der Waals surface area (Å²) in [5.74, 6) is 0.531. The van der Waals surface area contributed by atoms with E-state index in [9.17, 15) is 18.0 Å². The molecule has 1 aromatic rings. The molecule has 0 atom stereocenters. The maximum Gasteiger partial charge on any atom is 0.416 e. The molecule has 0 aliphatic carbocycles. The first-order valence-corrected chi connectivity index (χ1v) is 8.99. The summed E-state index contributed by atoms with van der Waals surface area (Å²) in [7, 11) is 3.36. The zero-order valence-corrected chi connectivity index (χ0v) is 18.9. The number of nitrogens with one attached hydrogen (secondary N) is 1. The average molecular weight is 525 g/mol. The Balaban J connectivity index is 0.00000420. The van der Waals surface area contributed by atoms with Crippen molar-refractivity contribution in [3.05, 3.63) is 42.5 Å². The van der Waals surface area contributed by atoms with Gasteiger partial charge in [-0.05, 0) is 24.3 Å². The minimum Gasteiger partial charge on any atom is -0.368 e. The van der Waals surface area contributed by atoms with Crippen molar-refractivity contribution in [1.29, 1.82) is 0 Å². The van der Waals surface area contributed by atoms with Crippen LogP contribution in [0, 0.1) is 0 Å². The van der Waals surface area contributed by atoms with Crippen LogP contribution in [0.25, 0.3) is 0 Å². The minimum absolute atomic E-state index is 0. The number of hydrogen-bond acceptors (Lipinski definition) is 3. The number of halogens is 4. The van der Waals surface area contributed by atoms with Gasteiger partial charge in [0.15, 0.2) is 5.96 Å². The lowest BCUT2D eigenvalue weighted by Gasteiger charge is -2.37. The Morgan fingerprint density at radius 1 is 1.21 bits per heavy atom. The number of rotatable bonds is 5. The van der Waals surface area contributed by atoms with Gasteiger partial charge < -0.3 is 20.0 Å². The van der Waals surface area contributed by atoms with Gasteiger partial charge in [-0.3, -0.25) is 4.79 Å². The smallest absolute Gasteiger partial charge is 0.368 e. The second kappa shape index (κ2) is 11.3. The van der Waals surface area contributed by atoms with Crippen molar-refractivity contribution in [2.75, 3.05) is 58.3 Å². The second-order valence-corrected chi connectivity index (χ2v) is 6.62. The number of anilines is 1. The van der Waals surface area contributed by atoms with Crippen LogP contribution >= 0.6 is 24.0 Å². The van der Waals surface area contributed by atoms with Gasteiger partial charge in [0, 0.05) is 52.5 Å². The molecule has 0 spiro atoms. The molecular weight excluding hydrogens is 498 g/mol. The highest BCUT2D eigenvalue weighted by molar-refractivity contribution is 14.0. The molecule has 1 N–H and O–H groups in total. The molecule has 6 nitrogen and oxygen atoms in total. The largest absolute Gasteiger partial charge is 0.416 e. The Kier molecular flexibility index (Phi) is 9.74. The first-order valence-electron chi connectivity index (χ1n) is 8.99. The van der Waals surface area contributed by atoms with Gasteiger partial charge in [0.1, 0.15) is 6.54 Å². The Hall–Kier alpha value is -1.98. The van der Waals surface area contributed by atoms with Gasteiger partial charge in [-0.15, -0.1) is 30.6 Å². The Bertz CT molecular complexity index is 699. The monoisotopic (exact) mass is 525 g/mol. The lowest BCUT2D eigenvalue weighted by Crippen LogP contribution is -2.52. The molecule has 1 aliphatic rings. The van der Waals surface area contributed by atoms with E-state index in [0.717, 1.165) is 17.8 Å². The molecule has 1 fully saturated rings. The molecule has 0 unspecified atom stereocenters. The van der Waals surface area contributed by atoms with Gasteiger partial charge in [0.25, 0.3) is 0 Å². The highest BCUT2D eigenvalue weighted by Gasteiger charge is 2.30. The SMILES string of the molecule is C=CCNC(=NCC(=O)N(C)C)N1CCN(c2ccc(C(F)(F)F)cc2)CC1.I. The summed E-state index contributed by atoms with van der Waals surface area (Å²) in [5, 5.41) is 3.16. The first-order chi connectivity index (χ1) is 13.2. The van der Waals surface area contributed by atoms with E-state index < -0.39 is 11.7 Å². The highest BCUT2D eigenvalue weighted by atomic mass is 127. The van der Waals surface area contributed by atoms with Crippen molar-refractivity contribution in [3.8, 4) is 0 Å². The number of piperazine rings is 1. The molecule has 29 heavy (non-hydrogen) atoms. The predicted octanol–water partition coefficient (Wildman–Crippen LogP) is 2.67. The van der Waals surface area contributed by atoms with E-state index in [1.165, 1.54) is 17.0 Å². The topological polar surface area (TPSA) is 51.2 Å². The molecule has 0 saturated carbocycles. The fourth-order valence-corrected chi connectivity index (χ4v) is 2.75. The molecule has 2 rings (SSSR count). The van der Waals surface area contributed by atoms with Crippen molar-refractivity contribution >= 4 is 41.5 Å². The van der Waals surface area contributed by atoms with E-state index in [1.54, 1.807) is 20.2 Å². The number of likely N-dealkylation sites (N-methyl/N-ethyl adjacent to an activating group) is 1. The predicted molar refractivity (Wildman–Crippen MR) is 120 cm³/mol. The maximum atomic E-state index is 12.7. The van der Waals surface area contributed by atoms with Crippen LogP contribution in [-0.2, 0) is 11.0 Å². The van der Waals surface area contributed by atoms with Crippen molar-refractivity contribution in [2.24, 2.45) is 4.99 Å². The van der Waals surface area contributed by atoms with Crippen LogP contribution in [0.15, 0.2) is 41.9 Å². The van der Waals surface area contributed by atoms with Crippen LogP contribution in [0.4, 0.5) is 18.9 Å². The third kappa shape index (κ3) is 7.41. The molecule has 1 aliphatic heterocycles. The number of benzene rings is 1. The zero-order valence-electron chi connectivity index (χ0n) is 16.6. The normalized spacial score (nSPS) is 14.9. The van der Waals surface area contributed by atoms with E-state index >= 15 is 0 Å². The fourth-order valence-electron chi connectivity index (χ4n) is 2.75. The summed E-state index contributed by atoms with van der Waals surface area (Å²) in [6, 6.07) is 5.21.